The van der Waals surface area contributed by atoms with Gasteiger partial charge in [-0.05, 0) is 12.0 Å². The first-order valence-corrected chi connectivity index (χ1v) is 7.55. The van der Waals surface area contributed by atoms with Crippen LogP contribution in [0.25, 0.3) is 0 Å². The third-order valence-electron chi connectivity index (χ3n) is 3.46. The van der Waals surface area contributed by atoms with Crippen molar-refractivity contribution in [2.45, 2.75) is 31.5 Å². The highest BCUT2D eigenvalue weighted by Crippen LogP contribution is 2.43. The molecule has 2 rings (SSSR count). The number of fused-ring (bicyclic) bond motifs is 1. The van der Waals surface area contributed by atoms with E-state index in [1.54, 1.807) is 6.07 Å². The van der Waals surface area contributed by atoms with Crippen molar-refractivity contribution in [3.8, 4) is 11.5 Å². The average Bonchev–Trinajstić information content (AvgIpc) is 2.36. The third kappa shape index (κ3) is 2.90. The molecule has 2 unspecified atom stereocenters. The van der Waals surface area contributed by atoms with E-state index in [2.05, 4.69) is 29.8 Å². The number of alkyl halides is 1. The third-order valence-corrected chi connectivity index (χ3v) is 4.03. The molecule has 2 atom stereocenters. The van der Waals surface area contributed by atoms with Crippen LogP contribution in [0.3, 0.4) is 0 Å². The molecule has 0 bridgehead atoms. The number of halogens is 1. The van der Waals surface area contributed by atoms with Gasteiger partial charge in [0.15, 0.2) is 11.5 Å². The number of nitro groups is 1. The zero-order valence-electron chi connectivity index (χ0n) is 11.8. The van der Waals surface area contributed by atoms with Crippen molar-refractivity contribution in [3.05, 3.63) is 27.8 Å². The van der Waals surface area contributed by atoms with E-state index in [1.165, 1.54) is 6.07 Å². The van der Waals surface area contributed by atoms with Crippen LogP contribution >= 0.6 is 15.9 Å². The van der Waals surface area contributed by atoms with E-state index in [-0.39, 0.29) is 27.3 Å². The van der Waals surface area contributed by atoms with Crippen molar-refractivity contribution >= 4 is 21.6 Å². The summed E-state index contributed by atoms with van der Waals surface area (Å²) in [5.41, 5.74) is 0.790. The lowest BCUT2D eigenvalue weighted by Gasteiger charge is -2.26. The van der Waals surface area contributed by atoms with Gasteiger partial charge in [0.2, 0.25) is 0 Å². The molecule has 0 N–H and O–H groups in total. The van der Waals surface area contributed by atoms with Crippen molar-refractivity contribution in [2.24, 2.45) is 5.92 Å². The summed E-state index contributed by atoms with van der Waals surface area (Å²) in [7, 11) is 0. The minimum Gasteiger partial charge on any atom is -0.486 e. The van der Waals surface area contributed by atoms with Crippen molar-refractivity contribution in [1.82, 2.24) is 0 Å². The Kier molecular flexibility index (Phi) is 4.52. The summed E-state index contributed by atoms with van der Waals surface area (Å²) in [6.07, 6.45) is 0. The van der Waals surface area contributed by atoms with Gasteiger partial charge in [-0.2, -0.15) is 0 Å². The molecule has 0 aromatic heterocycles. The normalized spacial score (nSPS) is 16.9. The standard InChI is InChI=1S/C14H18BrNO4/c1-8(2)14(9(3)15)10-6-12-13(20-5-4-19-12)7-11(10)16(17)18/h6-9,14H,4-5H2,1-3H3. The minimum atomic E-state index is -0.349. The van der Waals surface area contributed by atoms with Gasteiger partial charge in [0.1, 0.15) is 13.2 Å². The first kappa shape index (κ1) is 15.1. The van der Waals surface area contributed by atoms with Crippen LogP contribution in [0.5, 0.6) is 11.5 Å². The molecule has 20 heavy (non-hydrogen) atoms. The predicted octanol–water partition coefficient (Wildman–Crippen LogP) is 3.89. The highest BCUT2D eigenvalue weighted by atomic mass is 79.9. The van der Waals surface area contributed by atoms with Crippen LogP contribution in [0.2, 0.25) is 0 Å². The molecular weight excluding hydrogens is 326 g/mol. The first-order chi connectivity index (χ1) is 9.41. The maximum Gasteiger partial charge on any atom is 0.276 e. The number of hydrogen-bond donors (Lipinski definition) is 0. The largest absolute Gasteiger partial charge is 0.486 e. The maximum absolute atomic E-state index is 11.4. The second-order valence-electron chi connectivity index (χ2n) is 5.26. The molecule has 110 valence electrons. The van der Waals surface area contributed by atoms with E-state index in [0.29, 0.717) is 30.3 Å². The molecule has 0 aliphatic carbocycles. The Morgan fingerprint density at radius 2 is 1.75 bits per heavy atom. The molecule has 1 aliphatic rings. The number of ether oxygens (including phenoxy) is 2. The van der Waals surface area contributed by atoms with E-state index in [4.69, 9.17) is 9.47 Å². The lowest BCUT2D eigenvalue weighted by Crippen LogP contribution is -2.20. The molecule has 1 aliphatic heterocycles. The van der Waals surface area contributed by atoms with E-state index >= 15 is 0 Å². The molecule has 0 spiro atoms. The second-order valence-corrected chi connectivity index (χ2v) is 6.70. The van der Waals surface area contributed by atoms with E-state index in [1.807, 2.05) is 6.92 Å². The molecule has 5 nitrogen and oxygen atoms in total. The molecule has 0 saturated heterocycles. The summed E-state index contributed by atoms with van der Waals surface area (Å²) in [6.45, 7) is 7.02. The van der Waals surface area contributed by atoms with Gasteiger partial charge in [0, 0.05) is 16.3 Å². The van der Waals surface area contributed by atoms with Crippen molar-refractivity contribution in [3.63, 3.8) is 0 Å². The Balaban J connectivity index is 2.57. The summed E-state index contributed by atoms with van der Waals surface area (Å²) in [6, 6.07) is 3.24. The number of nitrogens with zero attached hydrogens (tertiary/aromatic N) is 1. The summed E-state index contributed by atoms with van der Waals surface area (Å²) < 4.78 is 11.0. The van der Waals surface area contributed by atoms with Crippen molar-refractivity contribution < 1.29 is 14.4 Å². The molecule has 0 fully saturated rings. The number of rotatable bonds is 4. The zero-order chi connectivity index (χ0) is 14.9. The van der Waals surface area contributed by atoms with Gasteiger partial charge >= 0.3 is 0 Å². The smallest absolute Gasteiger partial charge is 0.276 e. The van der Waals surface area contributed by atoms with Crippen LogP contribution in [0.15, 0.2) is 12.1 Å². The second kappa shape index (κ2) is 5.99. The molecule has 0 radical (unpaired) electrons. The summed E-state index contributed by atoms with van der Waals surface area (Å²) in [5.74, 6) is 1.35. The summed E-state index contributed by atoms with van der Waals surface area (Å²) >= 11 is 3.56. The maximum atomic E-state index is 11.4. The zero-order valence-corrected chi connectivity index (χ0v) is 13.3. The van der Waals surface area contributed by atoms with Gasteiger partial charge in [-0.1, -0.05) is 36.7 Å². The highest BCUT2D eigenvalue weighted by molar-refractivity contribution is 9.09. The van der Waals surface area contributed by atoms with E-state index in [9.17, 15) is 10.1 Å². The van der Waals surface area contributed by atoms with Gasteiger partial charge in [-0.15, -0.1) is 0 Å². The van der Waals surface area contributed by atoms with Gasteiger partial charge in [-0.3, -0.25) is 10.1 Å². The number of nitro benzene ring substituents is 1. The van der Waals surface area contributed by atoms with Gasteiger partial charge in [0.25, 0.3) is 5.69 Å². The fourth-order valence-electron chi connectivity index (χ4n) is 2.66. The summed E-state index contributed by atoms with van der Waals surface area (Å²) in [5, 5.41) is 11.4. The van der Waals surface area contributed by atoms with Crippen LogP contribution in [0.4, 0.5) is 5.69 Å². The van der Waals surface area contributed by atoms with Crippen LogP contribution in [-0.4, -0.2) is 23.0 Å². The van der Waals surface area contributed by atoms with Gasteiger partial charge < -0.3 is 9.47 Å². The van der Waals surface area contributed by atoms with Crippen LogP contribution < -0.4 is 9.47 Å². The SMILES string of the molecule is CC(C)C(c1cc2c(cc1[N+](=O)[O-])OCCO2)C(C)Br. The van der Waals surface area contributed by atoms with Crippen LogP contribution in [0.1, 0.15) is 32.3 Å². The molecular formula is C14H18BrNO4. The van der Waals surface area contributed by atoms with Crippen molar-refractivity contribution in [2.75, 3.05) is 13.2 Å². The Labute approximate surface area is 126 Å². The van der Waals surface area contributed by atoms with Crippen LogP contribution in [-0.2, 0) is 0 Å². The fraction of sp³-hybridized carbons (Fsp3) is 0.571. The topological polar surface area (TPSA) is 61.6 Å². The molecule has 1 aromatic rings. The van der Waals surface area contributed by atoms with E-state index < -0.39 is 0 Å². The Bertz CT molecular complexity index is 508. The minimum absolute atomic E-state index is 0.0335. The van der Waals surface area contributed by atoms with E-state index in [0.717, 1.165) is 0 Å². The molecule has 0 amide bonds. The number of hydrogen-bond acceptors (Lipinski definition) is 4. The molecule has 1 aromatic carbocycles. The van der Waals surface area contributed by atoms with Crippen molar-refractivity contribution in [1.29, 1.82) is 0 Å². The van der Waals surface area contributed by atoms with Gasteiger partial charge in [-0.25, -0.2) is 0 Å². The molecule has 6 heteroatoms. The quantitative estimate of drug-likeness (QED) is 0.472. The Morgan fingerprint density at radius 3 is 2.20 bits per heavy atom. The monoisotopic (exact) mass is 343 g/mol. The summed E-state index contributed by atoms with van der Waals surface area (Å²) in [4.78, 5) is 11.1. The predicted molar refractivity (Wildman–Crippen MR) is 80.1 cm³/mol. The fourth-order valence-corrected chi connectivity index (χ4v) is 3.55. The molecule has 0 saturated carbocycles. The lowest BCUT2D eigenvalue weighted by atomic mass is 9.85. The lowest BCUT2D eigenvalue weighted by molar-refractivity contribution is -0.385. The highest BCUT2D eigenvalue weighted by Gasteiger charge is 2.31. The Hall–Kier alpha value is -1.30. The Morgan fingerprint density at radius 1 is 1.20 bits per heavy atom. The average molecular weight is 344 g/mol. The first-order valence-electron chi connectivity index (χ1n) is 6.63. The number of benzene rings is 1. The van der Waals surface area contributed by atoms with Crippen LogP contribution in [0, 0.1) is 16.0 Å². The van der Waals surface area contributed by atoms with Gasteiger partial charge in [0.05, 0.1) is 11.0 Å². The molecule has 1 heterocycles.